The van der Waals surface area contributed by atoms with Crippen LogP contribution < -0.4 is 15.4 Å². The van der Waals surface area contributed by atoms with Gasteiger partial charge in [0.05, 0.1) is 19.1 Å². The van der Waals surface area contributed by atoms with E-state index in [9.17, 15) is 23.5 Å². The number of aliphatic hydroxyl groups excluding tert-OH is 1. The van der Waals surface area contributed by atoms with Gasteiger partial charge in [-0.15, -0.1) is 0 Å². The van der Waals surface area contributed by atoms with Gasteiger partial charge in [0.1, 0.15) is 29.6 Å². The first-order chi connectivity index (χ1) is 16.9. The number of benzene rings is 2. The second kappa shape index (κ2) is 9.91. The van der Waals surface area contributed by atoms with Gasteiger partial charge in [-0.2, -0.15) is 0 Å². The third-order valence-corrected chi connectivity index (χ3v) is 7.14. The standard InChI is InChI=1S/C26H28F2N2O5/c27-16-4-6-21(28)15(8-16)12-29-24(32)11-18-10-20-19-9-17(30-26(33)14-2-1-3-14)5-7-22(19)35-25(20)23(13-31)34-18/h4-9,14,18,20,23,25,31H,1-3,10-13H2,(H,29,32)(H,30,33)/t18-,20+,23+,25-/m1/s1. The van der Waals surface area contributed by atoms with Crippen LogP contribution in [0.4, 0.5) is 14.5 Å². The minimum atomic E-state index is -0.618. The van der Waals surface area contributed by atoms with E-state index in [1.54, 1.807) is 6.07 Å². The average molecular weight is 487 g/mol. The fraction of sp³-hybridized carbons (Fsp3) is 0.462. The van der Waals surface area contributed by atoms with E-state index in [1.807, 2.05) is 12.1 Å². The smallest absolute Gasteiger partial charge is 0.227 e. The molecule has 0 aromatic heterocycles. The highest BCUT2D eigenvalue weighted by Gasteiger charge is 2.46. The lowest BCUT2D eigenvalue weighted by molar-refractivity contribution is -0.142. The Morgan fingerprint density at radius 3 is 2.69 bits per heavy atom. The Kier molecular flexibility index (Phi) is 6.71. The topological polar surface area (TPSA) is 96.9 Å². The zero-order valence-electron chi connectivity index (χ0n) is 19.1. The number of ether oxygens (including phenoxy) is 2. The summed E-state index contributed by atoms with van der Waals surface area (Å²) < 4.78 is 39.2. The van der Waals surface area contributed by atoms with Crippen LogP contribution in [-0.4, -0.2) is 41.8 Å². The van der Waals surface area contributed by atoms with Crippen LogP contribution in [0.2, 0.25) is 0 Å². The van der Waals surface area contributed by atoms with Crippen molar-refractivity contribution in [3.63, 3.8) is 0 Å². The lowest BCUT2D eigenvalue weighted by Gasteiger charge is -2.37. The van der Waals surface area contributed by atoms with Crippen LogP contribution in [0.3, 0.4) is 0 Å². The van der Waals surface area contributed by atoms with Crippen LogP contribution in [0.5, 0.6) is 5.75 Å². The van der Waals surface area contributed by atoms with Gasteiger partial charge < -0.3 is 25.2 Å². The molecule has 0 radical (unpaired) electrons. The summed E-state index contributed by atoms with van der Waals surface area (Å²) in [5, 5.41) is 15.5. The molecule has 1 saturated heterocycles. The number of hydrogen-bond donors (Lipinski definition) is 3. The molecular weight excluding hydrogens is 458 g/mol. The summed E-state index contributed by atoms with van der Waals surface area (Å²) in [6, 6.07) is 8.61. The van der Waals surface area contributed by atoms with Gasteiger partial charge in [0.2, 0.25) is 11.8 Å². The average Bonchev–Trinajstić information content (AvgIpc) is 3.16. The normalized spacial score (nSPS) is 25.1. The highest BCUT2D eigenvalue weighted by atomic mass is 19.1. The maximum atomic E-state index is 13.8. The van der Waals surface area contributed by atoms with Gasteiger partial charge in [0.15, 0.2) is 0 Å². The Hall–Kier alpha value is -3.04. The molecule has 1 aliphatic carbocycles. The monoisotopic (exact) mass is 486 g/mol. The Morgan fingerprint density at radius 2 is 1.94 bits per heavy atom. The van der Waals surface area contributed by atoms with Crippen molar-refractivity contribution in [3.05, 3.63) is 59.2 Å². The molecule has 0 unspecified atom stereocenters. The predicted molar refractivity (Wildman–Crippen MR) is 123 cm³/mol. The summed E-state index contributed by atoms with van der Waals surface area (Å²) in [5.41, 5.74) is 1.67. The van der Waals surface area contributed by atoms with Crippen molar-refractivity contribution in [3.8, 4) is 5.75 Å². The molecule has 4 atom stereocenters. The number of carbonyl (C=O) groups excluding carboxylic acids is 2. The number of nitrogens with one attached hydrogen (secondary N) is 2. The number of halogens is 2. The molecule has 2 heterocycles. The Balaban J connectivity index is 1.24. The molecule has 2 aromatic rings. The van der Waals surface area contributed by atoms with E-state index in [0.29, 0.717) is 17.9 Å². The zero-order chi connectivity index (χ0) is 24.5. The van der Waals surface area contributed by atoms with Crippen LogP contribution >= 0.6 is 0 Å². The third-order valence-electron chi connectivity index (χ3n) is 7.14. The van der Waals surface area contributed by atoms with E-state index in [1.165, 1.54) is 0 Å². The zero-order valence-corrected chi connectivity index (χ0v) is 19.1. The van der Waals surface area contributed by atoms with E-state index in [0.717, 1.165) is 43.0 Å². The summed E-state index contributed by atoms with van der Waals surface area (Å²) in [7, 11) is 0. The molecule has 7 nitrogen and oxygen atoms in total. The highest BCUT2D eigenvalue weighted by molar-refractivity contribution is 5.93. The molecular formula is C26H28F2N2O5. The number of amides is 2. The molecule has 3 N–H and O–H groups in total. The second-order valence-corrected chi connectivity index (χ2v) is 9.49. The Bertz CT molecular complexity index is 1120. The predicted octanol–water partition coefficient (Wildman–Crippen LogP) is 3.40. The third kappa shape index (κ3) is 5.01. The van der Waals surface area contributed by atoms with E-state index in [-0.39, 0.29) is 48.8 Å². The molecule has 9 heteroatoms. The maximum Gasteiger partial charge on any atom is 0.227 e. The Morgan fingerprint density at radius 1 is 1.11 bits per heavy atom. The first kappa shape index (κ1) is 23.7. The highest BCUT2D eigenvalue weighted by Crippen LogP contribution is 2.47. The fourth-order valence-electron chi connectivity index (χ4n) is 5.03. The Labute approximate surface area is 201 Å². The van der Waals surface area contributed by atoms with Gasteiger partial charge in [-0.05, 0) is 55.7 Å². The summed E-state index contributed by atoms with van der Waals surface area (Å²) in [6.45, 7) is -0.409. The van der Waals surface area contributed by atoms with Crippen molar-refractivity contribution in [1.29, 1.82) is 0 Å². The lowest BCUT2D eigenvalue weighted by atomic mass is 9.83. The van der Waals surface area contributed by atoms with Crippen molar-refractivity contribution in [2.45, 2.75) is 62.9 Å². The lowest BCUT2D eigenvalue weighted by Crippen LogP contribution is -2.47. The molecule has 5 rings (SSSR count). The van der Waals surface area contributed by atoms with E-state index in [2.05, 4.69) is 10.6 Å². The molecule has 2 amide bonds. The summed E-state index contributed by atoms with van der Waals surface area (Å²) in [6.07, 6.45) is 1.88. The van der Waals surface area contributed by atoms with E-state index in [4.69, 9.17) is 9.47 Å². The first-order valence-corrected chi connectivity index (χ1v) is 12.0. The van der Waals surface area contributed by atoms with Crippen LogP contribution in [-0.2, 0) is 20.9 Å². The minimum absolute atomic E-state index is 0.00406. The number of carbonyl (C=O) groups is 2. The number of fused-ring (bicyclic) bond motifs is 3. The molecule has 2 aromatic carbocycles. The maximum absolute atomic E-state index is 13.8. The van der Waals surface area contributed by atoms with Crippen LogP contribution in [0.15, 0.2) is 36.4 Å². The molecule has 3 aliphatic rings. The quantitative estimate of drug-likeness (QED) is 0.558. The van der Waals surface area contributed by atoms with Gasteiger partial charge in [0, 0.05) is 35.2 Å². The van der Waals surface area contributed by atoms with E-state index < -0.39 is 29.9 Å². The van der Waals surface area contributed by atoms with Crippen molar-refractivity contribution < 1.29 is 33.0 Å². The molecule has 186 valence electrons. The first-order valence-electron chi connectivity index (χ1n) is 12.0. The van der Waals surface area contributed by atoms with Crippen LogP contribution in [0.1, 0.15) is 49.1 Å². The summed E-state index contributed by atoms with van der Waals surface area (Å²) in [5.74, 6) is -0.885. The number of anilines is 1. The molecule has 0 bridgehead atoms. The fourth-order valence-corrected chi connectivity index (χ4v) is 5.03. The van der Waals surface area contributed by atoms with Crippen LogP contribution in [0.25, 0.3) is 0 Å². The van der Waals surface area contributed by atoms with Crippen molar-refractivity contribution in [2.24, 2.45) is 5.92 Å². The number of rotatable bonds is 7. The van der Waals surface area contributed by atoms with E-state index >= 15 is 0 Å². The van der Waals surface area contributed by atoms with Gasteiger partial charge in [0.25, 0.3) is 0 Å². The van der Waals surface area contributed by atoms with Gasteiger partial charge in [-0.25, -0.2) is 8.78 Å². The van der Waals surface area contributed by atoms with Gasteiger partial charge in [-0.3, -0.25) is 9.59 Å². The molecule has 1 saturated carbocycles. The number of hydrogen-bond acceptors (Lipinski definition) is 5. The SMILES string of the molecule is O=C(C[C@H]1C[C@H]2c3cc(NC(=O)C4CCC4)ccc3O[C@H]2[C@H](CO)O1)NCc1cc(F)ccc1F. The number of aliphatic hydroxyl groups is 1. The van der Waals surface area contributed by atoms with Gasteiger partial charge in [-0.1, -0.05) is 6.42 Å². The van der Waals surface area contributed by atoms with Crippen LogP contribution in [0, 0.1) is 17.6 Å². The largest absolute Gasteiger partial charge is 0.487 e. The summed E-state index contributed by atoms with van der Waals surface area (Å²) in [4.78, 5) is 24.9. The molecule has 2 fully saturated rings. The minimum Gasteiger partial charge on any atom is -0.487 e. The summed E-state index contributed by atoms with van der Waals surface area (Å²) >= 11 is 0. The molecule has 35 heavy (non-hydrogen) atoms. The van der Waals surface area contributed by atoms with Crippen molar-refractivity contribution in [1.82, 2.24) is 5.32 Å². The molecule has 0 spiro atoms. The molecule has 2 aliphatic heterocycles. The van der Waals surface area contributed by atoms with Gasteiger partial charge >= 0.3 is 0 Å². The van der Waals surface area contributed by atoms with Crippen molar-refractivity contribution >= 4 is 17.5 Å². The second-order valence-electron chi connectivity index (χ2n) is 9.49. The van der Waals surface area contributed by atoms with Crippen molar-refractivity contribution in [2.75, 3.05) is 11.9 Å².